The van der Waals surface area contributed by atoms with E-state index in [1.165, 1.54) is 0 Å². The lowest BCUT2D eigenvalue weighted by molar-refractivity contribution is -0.133. The van der Waals surface area contributed by atoms with Crippen LogP contribution in [0.2, 0.25) is 6.04 Å². The number of carbonyl (C=O) groups is 2. The average Bonchev–Trinajstić information content (AvgIpc) is 2.36. The predicted molar refractivity (Wildman–Crippen MR) is 77.4 cm³/mol. The Hall–Kier alpha value is -0.743. The molecule has 0 aliphatic heterocycles. The molecule has 0 radical (unpaired) electrons. The van der Waals surface area contributed by atoms with Crippen molar-refractivity contribution in [3.05, 3.63) is 12.7 Å². The third-order valence-corrected chi connectivity index (χ3v) is 5.10. The number of rotatable bonds is 10. The molecule has 0 spiro atoms. The van der Waals surface area contributed by atoms with Gasteiger partial charge in [0.2, 0.25) is 0 Å². The topological polar surface area (TPSA) is 43.4 Å². The molecule has 104 valence electrons. The first-order valence-corrected chi connectivity index (χ1v) is 8.35. The summed E-state index contributed by atoms with van der Waals surface area (Å²) < 4.78 is 5.83. The number of allylic oxidation sites excluding steroid dienone is 1. The smallest absolute Gasteiger partial charge is 0.170 e. The molecule has 18 heavy (non-hydrogen) atoms. The molecule has 0 aliphatic carbocycles. The van der Waals surface area contributed by atoms with Crippen LogP contribution in [-0.2, 0) is 14.0 Å². The molecule has 0 amide bonds. The molecule has 0 aromatic carbocycles. The Balaban J connectivity index is 4.35. The summed E-state index contributed by atoms with van der Waals surface area (Å²) in [5.74, 6) is 0.211. The fourth-order valence-corrected chi connectivity index (χ4v) is 3.79. The number of hydrogen-bond donors (Lipinski definition) is 0. The van der Waals surface area contributed by atoms with E-state index in [-0.39, 0.29) is 17.5 Å². The summed E-state index contributed by atoms with van der Waals surface area (Å²) in [5, 5.41) is 0. The van der Waals surface area contributed by atoms with Gasteiger partial charge in [0.15, 0.2) is 15.5 Å². The number of carbonyl (C=O) groups excluding carboxylic acids is 2. The normalized spacial score (nSPS) is 13.8. The van der Waals surface area contributed by atoms with Crippen molar-refractivity contribution in [2.45, 2.75) is 58.6 Å². The van der Waals surface area contributed by atoms with Gasteiger partial charge in [-0.3, -0.25) is 9.59 Å². The largest absolute Gasteiger partial charge is 0.411 e. The van der Waals surface area contributed by atoms with Gasteiger partial charge in [0.1, 0.15) is 11.4 Å². The molecule has 1 atom stereocenters. The Morgan fingerprint density at radius 2 is 1.89 bits per heavy atom. The molecule has 0 saturated heterocycles. The molecule has 0 rings (SSSR count). The van der Waals surface area contributed by atoms with Crippen LogP contribution in [0.4, 0.5) is 0 Å². The quantitative estimate of drug-likeness (QED) is 0.452. The first-order chi connectivity index (χ1) is 8.47. The van der Waals surface area contributed by atoms with Gasteiger partial charge in [-0.15, -0.1) is 6.58 Å². The van der Waals surface area contributed by atoms with Crippen molar-refractivity contribution in [1.82, 2.24) is 0 Å². The SMILES string of the molecule is C=CC(CC)C(=O)C[SiH2]OC(CC)(CC)C(C)=O. The van der Waals surface area contributed by atoms with Crippen molar-refractivity contribution < 1.29 is 14.0 Å². The molecule has 0 aliphatic rings. The van der Waals surface area contributed by atoms with E-state index in [0.29, 0.717) is 18.9 Å². The van der Waals surface area contributed by atoms with Crippen LogP contribution in [0.25, 0.3) is 0 Å². The zero-order valence-corrected chi connectivity index (χ0v) is 13.5. The maximum absolute atomic E-state index is 11.8. The Morgan fingerprint density at radius 1 is 1.33 bits per heavy atom. The van der Waals surface area contributed by atoms with Gasteiger partial charge in [-0.05, 0) is 26.2 Å². The minimum absolute atomic E-state index is 0.0592. The van der Waals surface area contributed by atoms with E-state index in [9.17, 15) is 9.59 Å². The summed E-state index contributed by atoms with van der Waals surface area (Å²) in [5.41, 5.74) is -0.650. The van der Waals surface area contributed by atoms with Gasteiger partial charge in [-0.25, -0.2) is 0 Å². The van der Waals surface area contributed by atoms with Crippen molar-refractivity contribution in [2.75, 3.05) is 0 Å². The van der Waals surface area contributed by atoms with E-state index in [1.807, 2.05) is 20.8 Å². The maximum atomic E-state index is 11.8. The predicted octanol–water partition coefficient (Wildman–Crippen LogP) is 2.43. The summed E-state index contributed by atoms with van der Waals surface area (Å²) >= 11 is 0. The van der Waals surface area contributed by atoms with E-state index in [0.717, 1.165) is 6.42 Å². The summed E-state index contributed by atoms with van der Waals surface area (Å²) in [6.45, 7) is 11.1. The van der Waals surface area contributed by atoms with Gasteiger partial charge in [-0.2, -0.15) is 0 Å². The van der Waals surface area contributed by atoms with Crippen LogP contribution in [-0.4, -0.2) is 26.9 Å². The Labute approximate surface area is 113 Å². The van der Waals surface area contributed by atoms with Crippen LogP contribution in [0.15, 0.2) is 12.7 Å². The minimum Gasteiger partial charge on any atom is -0.411 e. The standard InChI is InChI=1S/C14H26O3Si/c1-6-12(7-2)13(16)10-18-17-14(8-3,9-4)11(5)15/h6,12H,1,7-10,18H2,2-5H3. The highest BCUT2D eigenvalue weighted by Gasteiger charge is 2.32. The third kappa shape index (κ3) is 4.50. The molecule has 0 bridgehead atoms. The van der Waals surface area contributed by atoms with Gasteiger partial charge in [0, 0.05) is 12.0 Å². The maximum Gasteiger partial charge on any atom is 0.170 e. The lowest BCUT2D eigenvalue weighted by atomic mass is 9.93. The molecule has 0 N–H and O–H groups in total. The molecule has 3 nitrogen and oxygen atoms in total. The van der Waals surface area contributed by atoms with Gasteiger partial charge >= 0.3 is 0 Å². The zero-order chi connectivity index (χ0) is 14.2. The zero-order valence-electron chi connectivity index (χ0n) is 12.1. The van der Waals surface area contributed by atoms with Gasteiger partial charge < -0.3 is 4.43 Å². The third-order valence-electron chi connectivity index (χ3n) is 3.65. The highest BCUT2D eigenvalue weighted by Crippen LogP contribution is 2.22. The van der Waals surface area contributed by atoms with Crippen LogP contribution in [0.5, 0.6) is 0 Å². The van der Waals surface area contributed by atoms with E-state index >= 15 is 0 Å². The highest BCUT2D eigenvalue weighted by atomic mass is 28.2. The van der Waals surface area contributed by atoms with E-state index in [2.05, 4.69) is 6.58 Å². The lowest BCUT2D eigenvalue weighted by Crippen LogP contribution is -2.40. The van der Waals surface area contributed by atoms with Crippen LogP contribution >= 0.6 is 0 Å². The highest BCUT2D eigenvalue weighted by molar-refractivity contribution is 6.35. The van der Waals surface area contributed by atoms with Crippen molar-refractivity contribution in [3.8, 4) is 0 Å². The van der Waals surface area contributed by atoms with E-state index in [4.69, 9.17) is 4.43 Å². The second-order valence-electron chi connectivity index (χ2n) is 4.57. The second-order valence-corrected chi connectivity index (χ2v) is 5.77. The van der Waals surface area contributed by atoms with Crippen LogP contribution in [0.1, 0.15) is 47.0 Å². The first kappa shape index (κ1) is 17.3. The summed E-state index contributed by atoms with van der Waals surface area (Å²) in [6, 6.07) is 0.486. The average molecular weight is 270 g/mol. The fraction of sp³-hybridized carbons (Fsp3) is 0.714. The molecule has 0 heterocycles. The van der Waals surface area contributed by atoms with Crippen molar-refractivity contribution in [3.63, 3.8) is 0 Å². The van der Waals surface area contributed by atoms with Crippen LogP contribution in [0, 0.1) is 5.92 Å². The lowest BCUT2D eigenvalue weighted by Gasteiger charge is -2.29. The number of hydrogen-bond acceptors (Lipinski definition) is 3. The van der Waals surface area contributed by atoms with Crippen LogP contribution in [0.3, 0.4) is 0 Å². The Kier molecular flexibility index (Phi) is 8.03. The Morgan fingerprint density at radius 3 is 2.22 bits per heavy atom. The summed E-state index contributed by atoms with van der Waals surface area (Å²) in [6.07, 6.45) is 3.85. The number of ketones is 2. The molecule has 0 saturated carbocycles. The molecule has 4 heteroatoms. The monoisotopic (exact) mass is 270 g/mol. The Bertz CT molecular complexity index is 295. The van der Waals surface area contributed by atoms with Crippen molar-refractivity contribution in [1.29, 1.82) is 0 Å². The molecular formula is C14H26O3Si. The van der Waals surface area contributed by atoms with E-state index in [1.54, 1.807) is 13.0 Å². The van der Waals surface area contributed by atoms with E-state index < -0.39 is 15.4 Å². The molecular weight excluding hydrogens is 244 g/mol. The van der Waals surface area contributed by atoms with Crippen LogP contribution < -0.4 is 0 Å². The second kappa shape index (κ2) is 8.37. The fourth-order valence-electron chi connectivity index (χ4n) is 2.11. The van der Waals surface area contributed by atoms with Gasteiger partial charge in [-0.1, -0.05) is 26.8 Å². The summed E-state index contributed by atoms with van der Waals surface area (Å²) in [4.78, 5) is 23.5. The summed E-state index contributed by atoms with van der Waals surface area (Å²) in [7, 11) is -0.985. The van der Waals surface area contributed by atoms with Crippen molar-refractivity contribution >= 4 is 21.3 Å². The molecule has 0 fully saturated rings. The molecule has 0 aromatic rings. The van der Waals surface area contributed by atoms with Gasteiger partial charge in [0.25, 0.3) is 0 Å². The minimum atomic E-state index is -0.985. The van der Waals surface area contributed by atoms with Crippen molar-refractivity contribution in [2.24, 2.45) is 5.92 Å². The molecule has 1 unspecified atom stereocenters. The number of Topliss-reactive ketones (excluding diaryl/α,β-unsaturated/α-hetero) is 2. The van der Waals surface area contributed by atoms with Gasteiger partial charge in [0.05, 0.1) is 0 Å². The first-order valence-electron chi connectivity index (χ1n) is 6.77. The molecule has 0 aromatic heterocycles.